The highest BCUT2D eigenvalue weighted by molar-refractivity contribution is 5.98. The average Bonchev–Trinajstić information content (AvgIpc) is 3.16. The number of likely N-dealkylation sites (tertiary alicyclic amines) is 1. The van der Waals surface area contributed by atoms with E-state index in [1.807, 2.05) is 38.1 Å². The second-order valence-electron chi connectivity index (χ2n) is 8.03. The van der Waals surface area contributed by atoms with Crippen molar-refractivity contribution in [1.29, 1.82) is 0 Å². The lowest BCUT2D eigenvalue weighted by molar-refractivity contribution is -0.125. The third kappa shape index (κ3) is 4.37. The van der Waals surface area contributed by atoms with Crippen molar-refractivity contribution in [2.24, 2.45) is 5.92 Å². The highest BCUT2D eigenvalue weighted by atomic mass is 19.1. The molecule has 0 aliphatic carbocycles. The third-order valence-electron chi connectivity index (χ3n) is 5.57. The Labute approximate surface area is 170 Å². The van der Waals surface area contributed by atoms with Crippen molar-refractivity contribution in [2.45, 2.75) is 38.8 Å². The van der Waals surface area contributed by atoms with E-state index in [-0.39, 0.29) is 23.7 Å². The predicted octanol–water partition coefficient (Wildman–Crippen LogP) is 4.40. The van der Waals surface area contributed by atoms with Gasteiger partial charge < -0.3 is 14.8 Å². The van der Waals surface area contributed by atoms with Crippen LogP contribution in [-0.4, -0.2) is 36.6 Å². The molecule has 6 heteroatoms. The molecule has 0 bridgehead atoms. The zero-order valence-electron chi connectivity index (χ0n) is 16.9. The minimum atomic E-state index is -0.491. The number of ether oxygens (including phenoxy) is 2. The van der Waals surface area contributed by atoms with Crippen molar-refractivity contribution in [2.75, 3.05) is 25.0 Å². The first-order valence-corrected chi connectivity index (χ1v) is 10.2. The van der Waals surface area contributed by atoms with Gasteiger partial charge in [0.15, 0.2) is 6.10 Å². The molecule has 0 saturated carbocycles. The van der Waals surface area contributed by atoms with Crippen LogP contribution in [0.25, 0.3) is 0 Å². The van der Waals surface area contributed by atoms with Crippen molar-refractivity contribution >= 4 is 11.6 Å². The lowest BCUT2D eigenvalue weighted by Gasteiger charge is -2.28. The van der Waals surface area contributed by atoms with Crippen LogP contribution >= 0.6 is 0 Å². The number of hydrogen-bond donors (Lipinski definition) is 1. The van der Waals surface area contributed by atoms with Crippen LogP contribution in [0.3, 0.4) is 0 Å². The van der Waals surface area contributed by atoms with E-state index in [0.717, 1.165) is 31.5 Å². The number of benzene rings is 2. The average molecular weight is 398 g/mol. The monoisotopic (exact) mass is 398 g/mol. The summed E-state index contributed by atoms with van der Waals surface area (Å²) in [5.74, 6) is 1.14. The highest BCUT2D eigenvalue weighted by Gasteiger charge is 2.30. The van der Waals surface area contributed by atoms with E-state index in [9.17, 15) is 9.18 Å². The van der Waals surface area contributed by atoms with Gasteiger partial charge in [0, 0.05) is 18.7 Å². The number of hydrogen-bond acceptors (Lipinski definition) is 4. The Morgan fingerprint density at radius 3 is 2.93 bits per heavy atom. The van der Waals surface area contributed by atoms with Gasteiger partial charge in [-0.25, -0.2) is 4.39 Å². The summed E-state index contributed by atoms with van der Waals surface area (Å²) in [6, 6.07) is 12.6. The van der Waals surface area contributed by atoms with Gasteiger partial charge in [-0.15, -0.1) is 0 Å². The Morgan fingerprint density at radius 1 is 1.28 bits per heavy atom. The van der Waals surface area contributed by atoms with Crippen LogP contribution in [-0.2, 0) is 4.79 Å². The first kappa shape index (κ1) is 19.7. The molecule has 29 heavy (non-hydrogen) atoms. The highest BCUT2D eigenvalue weighted by Crippen LogP contribution is 2.35. The quantitative estimate of drug-likeness (QED) is 0.784. The first-order chi connectivity index (χ1) is 14.0. The van der Waals surface area contributed by atoms with Crippen molar-refractivity contribution in [3.05, 3.63) is 53.8 Å². The van der Waals surface area contributed by atoms with Crippen molar-refractivity contribution in [1.82, 2.24) is 4.90 Å². The van der Waals surface area contributed by atoms with Crippen LogP contribution < -0.4 is 14.8 Å². The van der Waals surface area contributed by atoms with Gasteiger partial charge in [0.1, 0.15) is 23.9 Å². The number of nitrogens with zero attached hydrogens (tertiary/aromatic N) is 1. The maximum absolute atomic E-state index is 13.6. The summed E-state index contributed by atoms with van der Waals surface area (Å²) < 4.78 is 25.4. The molecular formula is C23H27FN2O3. The summed E-state index contributed by atoms with van der Waals surface area (Å²) in [6.45, 7) is 6.20. The van der Waals surface area contributed by atoms with Gasteiger partial charge in [-0.2, -0.15) is 0 Å². The maximum Gasteiger partial charge on any atom is 0.265 e. The summed E-state index contributed by atoms with van der Waals surface area (Å²) in [5, 5.41) is 2.89. The molecule has 4 rings (SSSR count). The lowest BCUT2D eigenvalue weighted by atomic mass is 10.0. The Hall–Kier alpha value is -2.60. The molecule has 1 N–H and O–H groups in total. The SMILES string of the molecule is CC(C)C1Oc2cc(OCCN3CCCC3c3cccc(F)c3)ccc2NC1=O. The molecule has 2 atom stereocenters. The van der Waals surface area contributed by atoms with Crippen molar-refractivity contribution in [3.63, 3.8) is 0 Å². The Morgan fingerprint density at radius 2 is 2.14 bits per heavy atom. The van der Waals surface area contributed by atoms with E-state index in [0.29, 0.717) is 23.8 Å². The standard InChI is InChI=1S/C23H27FN2O3/c1-15(2)22-23(27)25-19-9-8-18(14-21(19)29-22)28-12-11-26-10-4-7-20(26)16-5-3-6-17(24)13-16/h3,5-6,8-9,13-15,20,22H,4,7,10-12H2,1-2H3,(H,25,27). The molecule has 154 valence electrons. The van der Waals surface area contributed by atoms with Gasteiger partial charge in [-0.05, 0) is 55.1 Å². The normalized spacial score (nSPS) is 21.6. The molecule has 2 aliphatic rings. The first-order valence-electron chi connectivity index (χ1n) is 10.2. The van der Waals surface area contributed by atoms with Crippen molar-refractivity contribution in [3.8, 4) is 11.5 Å². The van der Waals surface area contributed by atoms with E-state index in [1.165, 1.54) is 6.07 Å². The molecule has 5 nitrogen and oxygen atoms in total. The third-order valence-corrected chi connectivity index (χ3v) is 5.57. The van der Waals surface area contributed by atoms with E-state index in [2.05, 4.69) is 10.2 Å². The van der Waals surface area contributed by atoms with Crippen LogP contribution in [0.1, 0.15) is 38.3 Å². The number of halogens is 1. The van der Waals surface area contributed by atoms with Crippen molar-refractivity contribution < 1.29 is 18.7 Å². The summed E-state index contributed by atoms with van der Waals surface area (Å²) in [6.07, 6.45) is 1.64. The predicted molar refractivity (Wildman–Crippen MR) is 110 cm³/mol. The van der Waals surface area contributed by atoms with Crippen LogP contribution in [0.2, 0.25) is 0 Å². The number of amides is 1. The van der Waals surface area contributed by atoms with Crippen LogP contribution in [0.5, 0.6) is 11.5 Å². The molecule has 0 aromatic heterocycles. The molecule has 2 heterocycles. The number of rotatable bonds is 6. The summed E-state index contributed by atoms with van der Waals surface area (Å²) >= 11 is 0. The van der Waals surface area contributed by atoms with Gasteiger partial charge in [-0.1, -0.05) is 26.0 Å². The van der Waals surface area contributed by atoms with Gasteiger partial charge in [0.05, 0.1) is 5.69 Å². The molecule has 2 aromatic carbocycles. The fraction of sp³-hybridized carbons (Fsp3) is 0.435. The smallest absolute Gasteiger partial charge is 0.265 e. The lowest BCUT2D eigenvalue weighted by Crippen LogP contribution is -2.40. The summed E-state index contributed by atoms with van der Waals surface area (Å²) in [7, 11) is 0. The molecule has 1 amide bonds. The van der Waals surface area contributed by atoms with Gasteiger partial charge in [0.25, 0.3) is 5.91 Å². The van der Waals surface area contributed by atoms with E-state index in [1.54, 1.807) is 12.1 Å². The molecule has 0 spiro atoms. The number of carbonyl (C=O) groups excluding carboxylic acids is 1. The zero-order chi connectivity index (χ0) is 20.4. The Kier molecular flexibility index (Phi) is 5.72. The van der Waals surface area contributed by atoms with Crippen LogP contribution in [0.4, 0.5) is 10.1 Å². The molecule has 2 aliphatic heterocycles. The molecule has 2 aromatic rings. The van der Waals surface area contributed by atoms with Gasteiger partial charge >= 0.3 is 0 Å². The zero-order valence-corrected chi connectivity index (χ0v) is 16.9. The molecular weight excluding hydrogens is 371 g/mol. The second kappa shape index (κ2) is 8.41. The number of nitrogens with one attached hydrogen (secondary N) is 1. The Balaban J connectivity index is 1.36. The molecule has 1 saturated heterocycles. The molecule has 0 radical (unpaired) electrons. The topological polar surface area (TPSA) is 50.8 Å². The maximum atomic E-state index is 13.6. The molecule has 1 fully saturated rings. The number of carbonyl (C=O) groups is 1. The minimum absolute atomic E-state index is 0.0858. The summed E-state index contributed by atoms with van der Waals surface area (Å²) in [5.41, 5.74) is 1.70. The van der Waals surface area contributed by atoms with Crippen LogP contribution in [0.15, 0.2) is 42.5 Å². The van der Waals surface area contributed by atoms with E-state index >= 15 is 0 Å². The summed E-state index contributed by atoms with van der Waals surface area (Å²) in [4.78, 5) is 14.4. The fourth-order valence-electron chi connectivity index (χ4n) is 4.09. The largest absolute Gasteiger partial charge is 0.492 e. The number of anilines is 1. The van der Waals surface area contributed by atoms with Crippen LogP contribution in [0, 0.1) is 11.7 Å². The number of fused-ring (bicyclic) bond motifs is 1. The second-order valence-corrected chi connectivity index (χ2v) is 8.03. The fourth-order valence-corrected chi connectivity index (χ4v) is 4.09. The minimum Gasteiger partial charge on any atom is -0.492 e. The van der Waals surface area contributed by atoms with E-state index < -0.39 is 6.10 Å². The Bertz CT molecular complexity index is 886. The molecule has 2 unspecified atom stereocenters. The van der Waals surface area contributed by atoms with E-state index in [4.69, 9.17) is 9.47 Å². The van der Waals surface area contributed by atoms with Gasteiger partial charge in [0.2, 0.25) is 0 Å². The van der Waals surface area contributed by atoms with Gasteiger partial charge in [-0.3, -0.25) is 9.69 Å².